The van der Waals surface area contributed by atoms with Crippen LogP contribution in [0, 0.1) is 0 Å². The second-order valence-electron chi connectivity index (χ2n) is 7.35. The summed E-state index contributed by atoms with van der Waals surface area (Å²) in [6.45, 7) is 2.16. The van der Waals surface area contributed by atoms with Gasteiger partial charge in [0.15, 0.2) is 11.5 Å². The van der Waals surface area contributed by atoms with E-state index in [0.717, 1.165) is 21.3 Å². The first kappa shape index (κ1) is 21.7. The van der Waals surface area contributed by atoms with E-state index in [9.17, 15) is 4.79 Å². The van der Waals surface area contributed by atoms with E-state index in [0.29, 0.717) is 24.5 Å². The van der Waals surface area contributed by atoms with Crippen LogP contribution < -0.4 is 20.2 Å². The van der Waals surface area contributed by atoms with E-state index in [-0.39, 0.29) is 18.2 Å². The summed E-state index contributed by atoms with van der Waals surface area (Å²) < 4.78 is 17.2. The first-order valence-electron chi connectivity index (χ1n) is 10.2. The number of methoxy groups -OCH3 is 2. The van der Waals surface area contributed by atoms with Crippen LogP contribution in [0.5, 0.6) is 11.5 Å². The third kappa shape index (κ3) is 4.15. The second kappa shape index (κ2) is 9.30. The minimum Gasteiger partial charge on any atom is -0.493 e. The van der Waals surface area contributed by atoms with Crippen molar-refractivity contribution < 1.29 is 19.0 Å². The standard InChI is InChI=1S/C23H26BrN3O4/c1-4-31-23(28)16-13-17(15-10-11-18(29-2)19(12-15)30-3)27-22(25-16)20(24)21(26-27)14-8-6-5-7-9-14/h5-12,16-17,22,25-26H,4,13H2,1-3H3. The zero-order valence-electron chi connectivity index (χ0n) is 17.7. The average molecular weight is 488 g/mol. The summed E-state index contributed by atoms with van der Waals surface area (Å²) in [5.74, 6) is 1.07. The predicted molar refractivity (Wildman–Crippen MR) is 122 cm³/mol. The third-order valence-electron chi connectivity index (χ3n) is 5.58. The van der Waals surface area contributed by atoms with Gasteiger partial charge in [0, 0.05) is 0 Å². The smallest absolute Gasteiger partial charge is 0.323 e. The zero-order chi connectivity index (χ0) is 22.0. The lowest BCUT2D eigenvalue weighted by Gasteiger charge is -2.42. The number of nitrogens with zero attached hydrogens (tertiary/aromatic N) is 1. The van der Waals surface area contributed by atoms with Crippen LogP contribution in [-0.4, -0.2) is 44.0 Å². The lowest BCUT2D eigenvalue weighted by molar-refractivity contribution is -0.148. The summed E-state index contributed by atoms with van der Waals surface area (Å²) >= 11 is 3.77. The number of ether oxygens (including phenoxy) is 3. The first-order valence-corrected chi connectivity index (χ1v) is 11.0. The van der Waals surface area contributed by atoms with E-state index in [1.807, 2.05) is 43.3 Å². The SMILES string of the molecule is CCOC(=O)C1CC(c2ccc(OC)c(OC)c2)N2NC(c3ccccc3)=C(Br)C2N1. The molecule has 2 aliphatic rings. The van der Waals surface area contributed by atoms with Gasteiger partial charge in [0.25, 0.3) is 0 Å². The van der Waals surface area contributed by atoms with Gasteiger partial charge in [-0.05, 0) is 36.6 Å². The number of hydrazine groups is 1. The molecule has 164 valence electrons. The molecule has 1 fully saturated rings. The Kier molecular flexibility index (Phi) is 6.50. The number of nitrogens with one attached hydrogen (secondary N) is 2. The van der Waals surface area contributed by atoms with Gasteiger partial charge in [0.1, 0.15) is 12.2 Å². The van der Waals surface area contributed by atoms with E-state index < -0.39 is 6.04 Å². The Balaban J connectivity index is 1.72. The Hall–Kier alpha value is -2.55. The van der Waals surface area contributed by atoms with Crippen molar-refractivity contribution in [3.63, 3.8) is 0 Å². The first-order chi connectivity index (χ1) is 15.1. The van der Waals surface area contributed by atoms with Crippen molar-refractivity contribution in [3.8, 4) is 11.5 Å². The van der Waals surface area contributed by atoms with Crippen LogP contribution >= 0.6 is 15.9 Å². The maximum Gasteiger partial charge on any atom is 0.323 e. The maximum absolute atomic E-state index is 12.6. The molecule has 2 aliphatic heterocycles. The van der Waals surface area contributed by atoms with Gasteiger partial charge in [0.05, 0.1) is 37.0 Å². The van der Waals surface area contributed by atoms with Gasteiger partial charge in [-0.3, -0.25) is 10.1 Å². The molecule has 0 bridgehead atoms. The summed E-state index contributed by atoms with van der Waals surface area (Å²) in [6.07, 6.45) is 0.316. The van der Waals surface area contributed by atoms with Gasteiger partial charge >= 0.3 is 5.97 Å². The molecule has 2 N–H and O–H groups in total. The minimum absolute atomic E-state index is 0.103. The third-order valence-corrected chi connectivity index (χ3v) is 6.41. The number of carbonyl (C=O) groups excluding carboxylic acids is 1. The molecule has 7 nitrogen and oxygen atoms in total. The van der Waals surface area contributed by atoms with Crippen molar-refractivity contribution in [3.05, 3.63) is 64.1 Å². The molecule has 0 radical (unpaired) electrons. The lowest BCUT2D eigenvalue weighted by atomic mass is 9.95. The van der Waals surface area contributed by atoms with Crippen molar-refractivity contribution in [1.82, 2.24) is 15.8 Å². The number of benzene rings is 2. The number of carbonyl (C=O) groups is 1. The Morgan fingerprint density at radius 1 is 1.13 bits per heavy atom. The Morgan fingerprint density at radius 2 is 1.87 bits per heavy atom. The van der Waals surface area contributed by atoms with Gasteiger partial charge in [0.2, 0.25) is 0 Å². The topological polar surface area (TPSA) is 72.1 Å². The van der Waals surface area contributed by atoms with Gasteiger partial charge in [-0.2, -0.15) is 5.01 Å². The Bertz CT molecular complexity index is 982. The summed E-state index contributed by atoms with van der Waals surface area (Å²) in [5, 5.41) is 5.56. The molecule has 0 amide bonds. The quantitative estimate of drug-likeness (QED) is 0.603. The Labute approximate surface area is 190 Å². The van der Waals surface area contributed by atoms with Gasteiger partial charge in [-0.15, -0.1) is 0 Å². The van der Waals surface area contributed by atoms with Crippen LogP contribution in [0.3, 0.4) is 0 Å². The number of rotatable bonds is 6. The zero-order valence-corrected chi connectivity index (χ0v) is 19.3. The van der Waals surface area contributed by atoms with Crippen molar-refractivity contribution >= 4 is 27.6 Å². The molecule has 2 heterocycles. The van der Waals surface area contributed by atoms with Crippen LogP contribution in [0.15, 0.2) is 53.0 Å². The van der Waals surface area contributed by atoms with Gasteiger partial charge < -0.3 is 19.6 Å². The monoisotopic (exact) mass is 487 g/mol. The highest BCUT2D eigenvalue weighted by Gasteiger charge is 2.45. The number of hydrogen-bond acceptors (Lipinski definition) is 7. The van der Waals surface area contributed by atoms with E-state index in [4.69, 9.17) is 14.2 Å². The molecule has 4 rings (SSSR count). The van der Waals surface area contributed by atoms with E-state index in [1.54, 1.807) is 14.2 Å². The molecular formula is C23H26BrN3O4. The molecule has 0 saturated carbocycles. The maximum atomic E-state index is 12.6. The largest absolute Gasteiger partial charge is 0.493 e. The molecule has 0 aromatic heterocycles. The summed E-state index contributed by atoms with van der Waals surface area (Å²) in [6, 6.07) is 15.4. The fourth-order valence-electron chi connectivity index (χ4n) is 4.08. The van der Waals surface area contributed by atoms with Crippen molar-refractivity contribution in [2.45, 2.75) is 31.6 Å². The molecule has 2 aromatic carbocycles. The number of esters is 1. The van der Waals surface area contributed by atoms with Crippen LogP contribution in [0.2, 0.25) is 0 Å². The lowest BCUT2D eigenvalue weighted by Crippen LogP contribution is -2.60. The second-order valence-corrected chi connectivity index (χ2v) is 8.20. The van der Waals surface area contributed by atoms with E-state index in [2.05, 4.69) is 43.8 Å². The summed E-state index contributed by atoms with van der Waals surface area (Å²) in [4.78, 5) is 12.6. The highest BCUT2D eigenvalue weighted by molar-refractivity contribution is 9.11. The van der Waals surface area contributed by atoms with Crippen LogP contribution in [-0.2, 0) is 9.53 Å². The number of fused-ring (bicyclic) bond motifs is 1. The summed E-state index contributed by atoms with van der Waals surface area (Å²) in [5.41, 5.74) is 6.58. The van der Waals surface area contributed by atoms with Crippen molar-refractivity contribution in [2.24, 2.45) is 0 Å². The molecule has 8 heteroatoms. The molecule has 31 heavy (non-hydrogen) atoms. The van der Waals surface area contributed by atoms with Crippen LogP contribution in [0.4, 0.5) is 0 Å². The van der Waals surface area contributed by atoms with Crippen LogP contribution in [0.25, 0.3) is 5.70 Å². The fraction of sp³-hybridized carbons (Fsp3) is 0.348. The highest BCUT2D eigenvalue weighted by atomic mass is 79.9. The highest BCUT2D eigenvalue weighted by Crippen LogP contribution is 2.42. The summed E-state index contributed by atoms with van der Waals surface area (Å²) in [7, 11) is 3.23. The molecule has 0 aliphatic carbocycles. The van der Waals surface area contributed by atoms with Crippen molar-refractivity contribution in [2.75, 3.05) is 20.8 Å². The number of halogens is 1. The van der Waals surface area contributed by atoms with E-state index in [1.165, 1.54) is 0 Å². The Morgan fingerprint density at radius 3 is 2.55 bits per heavy atom. The molecule has 1 saturated heterocycles. The average Bonchev–Trinajstić information content (AvgIpc) is 3.15. The van der Waals surface area contributed by atoms with Gasteiger partial charge in [-0.1, -0.05) is 52.3 Å². The fourth-order valence-corrected chi connectivity index (χ4v) is 4.75. The molecule has 0 spiro atoms. The minimum atomic E-state index is -0.441. The van der Waals surface area contributed by atoms with Crippen molar-refractivity contribution in [1.29, 1.82) is 0 Å². The predicted octanol–water partition coefficient (Wildman–Crippen LogP) is 3.58. The molecule has 3 unspecified atom stereocenters. The molecule has 2 aromatic rings. The van der Waals surface area contributed by atoms with E-state index >= 15 is 0 Å². The van der Waals surface area contributed by atoms with Crippen LogP contribution in [0.1, 0.15) is 30.5 Å². The molecular weight excluding hydrogens is 462 g/mol. The molecule has 3 atom stereocenters. The van der Waals surface area contributed by atoms with Gasteiger partial charge in [-0.25, -0.2) is 0 Å². The normalized spacial score (nSPS) is 23.2. The number of hydrogen-bond donors (Lipinski definition) is 2.